The first-order chi connectivity index (χ1) is 12.6. The van der Waals surface area contributed by atoms with Crippen molar-refractivity contribution in [3.63, 3.8) is 0 Å². The van der Waals surface area contributed by atoms with Crippen LogP contribution in [-0.2, 0) is 0 Å². The number of ketones is 2. The molecular formula is C20H24BrN3O2. The molecule has 138 valence electrons. The monoisotopic (exact) mass is 417 g/mol. The van der Waals surface area contributed by atoms with E-state index in [4.69, 9.17) is 4.98 Å². The number of carbonyl (C=O) groups excluding carboxylic acids is 2. The number of rotatable bonds is 2. The third kappa shape index (κ3) is 2.98. The van der Waals surface area contributed by atoms with Crippen molar-refractivity contribution in [2.45, 2.75) is 45.4 Å². The highest BCUT2D eigenvalue weighted by Crippen LogP contribution is 2.34. The second-order valence-corrected chi connectivity index (χ2v) is 8.23. The molecular weight excluding hydrogens is 394 g/mol. The molecule has 4 rings (SSSR count). The Balaban J connectivity index is 1.75. The molecule has 2 fully saturated rings. The van der Waals surface area contributed by atoms with Crippen LogP contribution in [0.5, 0.6) is 0 Å². The van der Waals surface area contributed by atoms with E-state index in [2.05, 4.69) is 25.7 Å². The molecule has 26 heavy (non-hydrogen) atoms. The van der Waals surface area contributed by atoms with Crippen molar-refractivity contribution in [3.05, 3.63) is 33.1 Å². The molecule has 1 aliphatic carbocycles. The molecule has 2 saturated heterocycles. The Kier molecular flexibility index (Phi) is 4.86. The lowest BCUT2D eigenvalue weighted by atomic mass is 9.94. The van der Waals surface area contributed by atoms with E-state index < -0.39 is 0 Å². The van der Waals surface area contributed by atoms with Crippen LogP contribution >= 0.6 is 15.9 Å². The van der Waals surface area contributed by atoms with Gasteiger partial charge >= 0.3 is 0 Å². The van der Waals surface area contributed by atoms with Gasteiger partial charge < -0.3 is 9.80 Å². The number of nitrogens with zero attached hydrogens (tertiary/aromatic N) is 3. The van der Waals surface area contributed by atoms with Gasteiger partial charge in [-0.2, -0.15) is 0 Å². The van der Waals surface area contributed by atoms with Crippen molar-refractivity contribution in [3.8, 4) is 0 Å². The summed E-state index contributed by atoms with van der Waals surface area (Å²) < 4.78 is 0.392. The largest absolute Gasteiger partial charge is 0.367 e. The second-order valence-electron chi connectivity index (χ2n) is 7.44. The number of likely N-dealkylation sites (tertiary alicyclic amines) is 1. The minimum Gasteiger partial charge on any atom is -0.367 e. The van der Waals surface area contributed by atoms with Crippen LogP contribution in [0.15, 0.2) is 16.2 Å². The van der Waals surface area contributed by atoms with Gasteiger partial charge in [0, 0.05) is 26.2 Å². The number of aromatic nitrogens is 1. The summed E-state index contributed by atoms with van der Waals surface area (Å²) in [4.78, 5) is 35.2. The number of Topliss-reactive ketones (excluding diaryl/α,β-unsaturated/α-hetero) is 2. The second kappa shape index (κ2) is 7.14. The van der Waals surface area contributed by atoms with Crippen molar-refractivity contribution in [1.29, 1.82) is 0 Å². The molecule has 3 heterocycles. The first-order valence-corrected chi connectivity index (χ1v) is 10.4. The van der Waals surface area contributed by atoms with Crippen LogP contribution in [0.3, 0.4) is 0 Å². The summed E-state index contributed by atoms with van der Waals surface area (Å²) in [6.45, 7) is 5.56. The Hall–Kier alpha value is -1.69. The normalized spacial score (nSPS) is 21.3. The summed E-state index contributed by atoms with van der Waals surface area (Å²) in [7, 11) is 0. The molecule has 0 radical (unpaired) electrons. The summed E-state index contributed by atoms with van der Waals surface area (Å²) >= 11 is 3.42. The van der Waals surface area contributed by atoms with E-state index in [1.54, 1.807) is 0 Å². The first-order valence-electron chi connectivity index (χ1n) is 9.58. The van der Waals surface area contributed by atoms with Crippen LogP contribution in [-0.4, -0.2) is 47.6 Å². The van der Waals surface area contributed by atoms with Gasteiger partial charge in [0.05, 0.1) is 10.0 Å². The van der Waals surface area contributed by atoms with Gasteiger partial charge in [0.15, 0.2) is 0 Å². The average molecular weight is 418 g/mol. The number of carbonyl (C=O) groups is 2. The molecule has 5 nitrogen and oxygen atoms in total. The lowest BCUT2D eigenvalue weighted by Gasteiger charge is -2.34. The molecule has 0 spiro atoms. The fourth-order valence-corrected chi connectivity index (χ4v) is 4.86. The summed E-state index contributed by atoms with van der Waals surface area (Å²) in [5.74, 6) is 0.619. The van der Waals surface area contributed by atoms with Gasteiger partial charge in [-0.05, 0) is 73.0 Å². The topological polar surface area (TPSA) is 53.5 Å². The van der Waals surface area contributed by atoms with Crippen molar-refractivity contribution in [2.24, 2.45) is 0 Å². The smallest absolute Gasteiger partial charge is 0.229 e. The number of piperidine rings is 2. The SMILES string of the molecule is Cc1cc2c(nc1N1CCCCC1)C(=O)C(N1CCCCC1)=C(Br)C2=O. The van der Waals surface area contributed by atoms with E-state index in [1.165, 1.54) is 12.8 Å². The van der Waals surface area contributed by atoms with Gasteiger partial charge in [-0.15, -0.1) is 0 Å². The molecule has 0 aromatic carbocycles. The molecule has 0 atom stereocenters. The molecule has 0 saturated carbocycles. The molecule has 0 unspecified atom stereocenters. The Morgan fingerprint density at radius 3 is 2.08 bits per heavy atom. The maximum Gasteiger partial charge on any atom is 0.229 e. The number of hydrogen-bond donors (Lipinski definition) is 0. The lowest BCUT2D eigenvalue weighted by Crippen LogP contribution is -2.37. The zero-order valence-corrected chi connectivity index (χ0v) is 16.8. The summed E-state index contributed by atoms with van der Waals surface area (Å²) in [5, 5.41) is 0. The molecule has 1 aromatic heterocycles. The molecule has 0 N–H and O–H groups in total. The minimum atomic E-state index is -0.124. The predicted octanol–water partition coefficient (Wildman–Crippen LogP) is 3.85. The van der Waals surface area contributed by atoms with Crippen LogP contribution in [0.25, 0.3) is 0 Å². The number of fused-ring (bicyclic) bond motifs is 1. The maximum absolute atomic E-state index is 13.3. The molecule has 0 bridgehead atoms. The van der Waals surface area contributed by atoms with E-state index in [0.29, 0.717) is 21.4 Å². The molecule has 3 aliphatic rings. The zero-order valence-electron chi connectivity index (χ0n) is 15.2. The quantitative estimate of drug-likeness (QED) is 0.731. The zero-order chi connectivity index (χ0) is 18.3. The van der Waals surface area contributed by atoms with Gasteiger partial charge in [-0.1, -0.05) is 0 Å². The summed E-state index contributed by atoms with van der Waals surface area (Å²) in [6, 6.07) is 1.85. The van der Waals surface area contributed by atoms with Crippen LogP contribution in [0.1, 0.15) is 64.9 Å². The van der Waals surface area contributed by atoms with Crippen molar-refractivity contribution in [1.82, 2.24) is 9.88 Å². The number of halogens is 1. The van der Waals surface area contributed by atoms with Crippen LogP contribution < -0.4 is 4.90 Å². The van der Waals surface area contributed by atoms with E-state index in [-0.39, 0.29) is 11.6 Å². The summed E-state index contributed by atoms with van der Waals surface area (Å²) in [5.41, 5.74) is 2.22. The molecule has 0 amide bonds. The number of hydrogen-bond acceptors (Lipinski definition) is 5. The van der Waals surface area contributed by atoms with Gasteiger partial charge in [-0.25, -0.2) is 4.98 Å². The van der Waals surface area contributed by atoms with E-state index in [9.17, 15) is 9.59 Å². The van der Waals surface area contributed by atoms with Crippen molar-refractivity contribution < 1.29 is 9.59 Å². The lowest BCUT2D eigenvalue weighted by molar-refractivity contribution is 0.0937. The standard InChI is InChI=1S/C20H24BrN3O2/c1-13-12-14-16(22-20(13)24-10-6-3-7-11-24)19(26)17(15(21)18(14)25)23-8-4-2-5-9-23/h12H,2-11H2,1H3. The highest BCUT2D eigenvalue weighted by molar-refractivity contribution is 9.12. The Morgan fingerprint density at radius 2 is 1.46 bits per heavy atom. The Morgan fingerprint density at radius 1 is 0.885 bits per heavy atom. The van der Waals surface area contributed by atoms with Crippen LogP contribution in [0.4, 0.5) is 5.82 Å². The highest BCUT2D eigenvalue weighted by atomic mass is 79.9. The summed E-state index contributed by atoms with van der Waals surface area (Å²) in [6.07, 6.45) is 6.82. The Bertz CT molecular complexity index is 790. The molecule has 2 aliphatic heterocycles. The van der Waals surface area contributed by atoms with E-state index >= 15 is 0 Å². The fourth-order valence-electron chi connectivity index (χ4n) is 4.21. The molecule has 6 heteroatoms. The highest BCUT2D eigenvalue weighted by Gasteiger charge is 2.36. The van der Waals surface area contributed by atoms with Gasteiger partial charge in [0.1, 0.15) is 17.2 Å². The number of aryl methyl sites for hydroxylation is 1. The van der Waals surface area contributed by atoms with Crippen molar-refractivity contribution in [2.75, 3.05) is 31.1 Å². The van der Waals surface area contributed by atoms with Crippen molar-refractivity contribution >= 4 is 33.3 Å². The van der Waals surface area contributed by atoms with Gasteiger partial charge in [0.2, 0.25) is 11.6 Å². The third-order valence-electron chi connectivity index (χ3n) is 5.60. The number of pyridine rings is 1. The van der Waals surface area contributed by atoms with Gasteiger partial charge in [0.25, 0.3) is 0 Å². The van der Waals surface area contributed by atoms with Crippen LogP contribution in [0.2, 0.25) is 0 Å². The number of allylic oxidation sites excluding steroid dienone is 2. The van der Waals surface area contributed by atoms with Gasteiger partial charge in [-0.3, -0.25) is 9.59 Å². The molecule has 1 aromatic rings. The third-order valence-corrected chi connectivity index (χ3v) is 6.33. The van der Waals surface area contributed by atoms with E-state index in [1.807, 2.05) is 13.0 Å². The fraction of sp³-hybridized carbons (Fsp3) is 0.550. The first kappa shape index (κ1) is 17.7. The Labute approximate surface area is 162 Å². The van der Waals surface area contributed by atoms with Crippen LogP contribution in [0, 0.1) is 6.92 Å². The number of anilines is 1. The predicted molar refractivity (Wildman–Crippen MR) is 105 cm³/mol. The average Bonchev–Trinajstić information content (AvgIpc) is 2.67. The van der Waals surface area contributed by atoms with E-state index in [0.717, 1.165) is 63.2 Å². The minimum absolute atomic E-state index is 0.119. The maximum atomic E-state index is 13.3.